The molecule has 4 nitrogen and oxygen atoms in total. The van der Waals surface area contributed by atoms with Gasteiger partial charge in [0, 0.05) is 24.2 Å². The molecule has 0 atom stereocenters. The Morgan fingerprint density at radius 1 is 0.629 bits per heavy atom. The predicted molar refractivity (Wildman–Crippen MR) is 140 cm³/mol. The van der Waals surface area contributed by atoms with Crippen molar-refractivity contribution >= 4 is 38.6 Å². The van der Waals surface area contributed by atoms with E-state index in [2.05, 4.69) is 65.1 Å². The average molecular weight is 447 g/mol. The lowest BCUT2D eigenvalue weighted by Crippen LogP contribution is -1.96. The molecule has 162 valence electrons. The van der Waals surface area contributed by atoms with Crippen molar-refractivity contribution in [3.05, 3.63) is 107 Å². The van der Waals surface area contributed by atoms with Crippen LogP contribution in [0.5, 0.6) is 0 Å². The topological polar surface area (TPSA) is 43.1 Å². The standard InChI is InChI=1S/C31H18N4/c1-2-6-20-17(5-1)15-18-9-10-19-16-23-21(27(19)26(18)20)11-12-24-30(23)35-25-8-4-14-32-28(25)22-7-3-13-33-29(22)31(35)34-24/h1-14H,15-16H2. The molecule has 35 heavy (non-hydrogen) atoms. The number of benzene rings is 3. The summed E-state index contributed by atoms with van der Waals surface area (Å²) in [7, 11) is 0. The summed E-state index contributed by atoms with van der Waals surface area (Å²) in [6, 6.07) is 26.2. The summed E-state index contributed by atoms with van der Waals surface area (Å²) in [4.78, 5) is 14.6. The highest BCUT2D eigenvalue weighted by Gasteiger charge is 2.31. The van der Waals surface area contributed by atoms with Crippen molar-refractivity contribution in [2.45, 2.75) is 12.8 Å². The summed E-state index contributed by atoms with van der Waals surface area (Å²) in [5.74, 6) is 0. The second-order valence-corrected chi connectivity index (χ2v) is 9.65. The van der Waals surface area contributed by atoms with E-state index < -0.39 is 0 Å². The Labute approximate surface area is 200 Å². The number of nitrogens with zero attached hydrogens (tertiary/aromatic N) is 4. The molecule has 4 heteroatoms. The van der Waals surface area contributed by atoms with Gasteiger partial charge in [-0.05, 0) is 81.3 Å². The monoisotopic (exact) mass is 446 g/mol. The third kappa shape index (κ3) is 2.11. The van der Waals surface area contributed by atoms with Crippen LogP contribution in [0, 0.1) is 0 Å². The first kappa shape index (κ1) is 17.8. The zero-order chi connectivity index (χ0) is 22.7. The van der Waals surface area contributed by atoms with Crippen LogP contribution in [0.1, 0.15) is 22.3 Å². The third-order valence-electron chi connectivity index (χ3n) is 7.91. The lowest BCUT2D eigenvalue weighted by atomic mass is 9.94. The van der Waals surface area contributed by atoms with Gasteiger partial charge in [-0.25, -0.2) is 4.98 Å². The van der Waals surface area contributed by atoms with Crippen molar-refractivity contribution in [2.75, 3.05) is 0 Å². The van der Waals surface area contributed by atoms with Gasteiger partial charge in [-0.15, -0.1) is 0 Å². The Balaban J connectivity index is 1.45. The molecule has 0 amide bonds. The maximum Gasteiger partial charge on any atom is 0.165 e. The smallest absolute Gasteiger partial charge is 0.165 e. The van der Waals surface area contributed by atoms with Gasteiger partial charge >= 0.3 is 0 Å². The minimum Gasteiger partial charge on any atom is -0.288 e. The fourth-order valence-electron chi connectivity index (χ4n) is 6.51. The van der Waals surface area contributed by atoms with Crippen LogP contribution >= 0.6 is 0 Å². The number of pyridine rings is 3. The molecule has 0 spiro atoms. The molecule has 3 aromatic carbocycles. The summed E-state index contributed by atoms with van der Waals surface area (Å²) in [6.07, 6.45) is 5.63. The Morgan fingerprint density at radius 2 is 1.43 bits per heavy atom. The molecule has 2 aliphatic carbocycles. The van der Waals surface area contributed by atoms with Crippen molar-refractivity contribution in [3.8, 4) is 22.3 Å². The van der Waals surface area contributed by atoms with E-state index >= 15 is 0 Å². The molecule has 4 aromatic heterocycles. The number of hydrogen-bond acceptors (Lipinski definition) is 3. The molecule has 2 aliphatic rings. The molecule has 0 N–H and O–H groups in total. The van der Waals surface area contributed by atoms with Gasteiger partial charge in [0.25, 0.3) is 0 Å². The normalized spacial score (nSPS) is 13.5. The number of fused-ring (bicyclic) bond motifs is 16. The molecular weight excluding hydrogens is 428 g/mol. The number of rotatable bonds is 0. The largest absolute Gasteiger partial charge is 0.288 e. The van der Waals surface area contributed by atoms with Crippen LogP contribution < -0.4 is 0 Å². The van der Waals surface area contributed by atoms with E-state index in [4.69, 9.17) is 15.0 Å². The van der Waals surface area contributed by atoms with Crippen LogP contribution in [0.25, 0.3) is 60.9 Å². The second kappa shape index (κ2) is 6.10. The van der Waals surface area contributed by atoms with Gasteiger partial charge in [0.2, 0.25) is 0 Å². The van der Waals surface area contributed by atoms with Crippen molar-refractivity contribution < 1.29 is 0 Å². The maximum atomic E-state index is 5.11. The molecule has 0 unspecified atom stereocenters. The van der Waals surface area contributed by atoms with E-state index in [9.17, 15) is 0 Å². The van der Waals surface area contributed by atoms with E-state index in [1.807, 2.05) is 24.5 Å². The number of aromatic nitrogens is 4. The summed E-state index contributed by atoms with van der Waals surface area (Å²) in [6.45, 7) is 0. The van der Waals surface area contributed by atoms with Crippen LogP contribution in [0.15, 0.2) is 85.2 Å². The van der Waals surface area contributed by atoms with E-state index in [0.717, 1.165) is 45.9 Å². The van der Waals surface area contributed by atoms with Crippen molar-refractivity contribution in [1.29, 1.82) is 0 Å². The van der Waals surface area contributed by atoms with Gasteiger partial charge in [-0.1, -0.05) is 42.5 Å². The highest BCUT2D eigenvalue weighted by molar-refractivity contribution is 6.11. The van der Waals surface area contributed by atoms with E-state index in [1.165, 1.54) is 50.0 Å². The van der Waals surface area contributed by atoms with Gasteiger partial charge in [0.1, 0.15) is 5.52 Å². The molecule has 0 saturated carbocycles. The van der Waals surface area contributed by atoms with Crippen molar-refractivity contribution in [2.24, 2.45) is 0 Å². The van der Waals surface area contributed by atoms with E-state index in [-0.39, 0.29) is 0 Å². The quantitative estimate of drug-likeness (QED) is 0.243. The summed E-state index contributed by atoms with van der Waals surface area (Å²) in [5.41, 5.74) is 17.2. The van der Waals surface area contributed by atoms with Gasteiger partial charge in [-0.2, -0.15) is 0 Å². The van der Waals surface area contributed by atoms with Crippen LogP contribution in [0.4, 0.5) is 0 Å². The molecule has 0 radical (unpaired) electrons. The minimum atomic E-state index is 0.897. The highest BCUT2D eigenvalue weighted by atomic mass is 15.0. The first-order valence-corrected chi connectivity index (χ1v) is 12.1. The second-order valence-electron chi connectivity index (χ2n) is 9.65. The third-order valence-corrected chi connectivity index (χ3v) is 7.91. The molecule has 9 rings (SSSR count). The Bertz CT molecular complexity index is 2070. The van der Waals surface area contributed by atoms with Gasteiger partial charge < -0.3 is 0 Å². The Hall–Kier alpha value is -4.57. The van der Waals surface area contributed by atoms with Crippen LogP contribution in [-0.4, -0.2) is 19.4 Å². The lowest BCUT2D eigenvalue weighted by molar-refractivity contribution is 1.22. The predicted octanol–water partition coefficient (Wildman–Crippen LogP) is 6.73. The van der Waals surface area contributed by atoms with Crippen molar-refractivity contribution in [3.63, 3.8) is 0 Å². The highest BCUT2D eigenvalue weighted by Crippen LogP contribution is 2.50. The SMILES string of the molecule is c1ccc2c(c1)Cc1ccc3c(c1-2)-c1ccc2nc4c5ncccc5c5ncccc5n4c2c1C3. The first-order valence-electron chi connectivity index (χ1n) is 12.1. The van der Waals surface area contributed by atoms with Crippen molar-refractivity contribution in [1.82, 2.24) is 19.4 Å². The first-order chi connectivity index (χ1) is 17.4. The Kier molecular flexibility index (Phi) is 3.11. The minimum absolute atomic E-state index is 0.897. The van der Waals surface area contributed by atoms with Crippen LogP contribution in [0.2, 0.25) is 0 Å². The van der Waals surface area contributed by atoms with Gasteiger partial charge in [0.15, 0.2) is 5.65 Å². The molecule has 0 bridgehead atoms. The van der Waals surface area contributed by atoms with Crippen LogP contribution in [0.3, 0.4) is 0 Å². The molecule has 4 heterocycles. The van der Waals surface area contributed by atoms with Crippen LogP contribution in [-0.2, 0) is 12.8 Å². The summed E-state index contributed by atoms with van der Waals surface area (Å²) < 4.78 is 2.30. The summed E-state index contributed by atoms with van der Waals surface area (Å²) in [5, 5.41) is 1.04. The number of hydrogen-bond donors (Lipinski definition) is 0. The molecular formula is C31H18N4. The van der Waals surface area contributed by atoms with E-state index in [1.54, 1.807) is 0 Å². The fraction of sp³-hybridized carbons (Fsp3) is 0.0645. The molecule has 0 fully saturated rings. The molecule has 7 aromatic rings. The maximum absolute atomic E-state index is 5.11. The summed E-state index contributed by atoms with van der Waals surface area (Å²) >= 11 is 0. The fourth-order valence-corrected chi connectivity index (χ4v) is 6.51. The lowest BCUT2D eigenvalue weighted by Gasteiger charge is -2.11. The zero-order valence-corrected chi connectivity index (χ0v) is 18.8. The molecule has 0 saturated heterocycles. The Morgan fingerprint density at radius 3 is 2.37 bits per heavy atom. The zero-order valence-electron chi connectivity index (χ0n) is 18.8. The molecule has 0 aliphatic heterocycles. The van der Waals surface area contributed by atoms with Gasteiger partial charge in [0.05, 0.1) is 22.1 Å². The van der Waals surface area contributed by atoms with E-state index in [0.29, 0.717) is 0 Å². The number of imidazole rings is 1. The average Bonchev–Trinajstić information content (AvgIpc) is 3.59. The van der Waals surface area contributed by atoms with Gasteiger partial charge in [-0.3, -0.25) is 14.4 Å².